The van der Waals surface area contributed by atoms with Gasteiger partial charge in [0.25, 0.3) is 0 Å². The van der Waals surface area contributed by atoms with Gasteiger partial charge in [0.15, 0.2) is 0 Å². The molecular weight excluding hydrogens is 284 g/mol. The van der Waals surface area contributed by atoms with Crippen LogP contribution in [0.5, 0.6) is 0 Å². The highest BCUT2D eigenvalue weighted by atomic mass is 32.2. The Morgan fingerprint density at radius 3 is 2.58 bits per heavy atom. The van der Waals surface area contributed by atoms with Gasteiger partial charge in [-0.3, -0.25) is 0 Å². The summed E-state index contributed by atoms with van der Waals surface area (Å²) in [7, 11) is 0. The van der Waals surface area contributed by atoms with Gasteiger partial charge in [-0.2, -0.15) is 0 Å². The first kappa shape index (κ1) is 14.5. The SMILES string of the molecule is Cc1ccsc1C(Sc1cc(F)ccc1F)C(C)N. The van der Waals surface area contributed by atoms with Gasteiger partial charge in [0.2, 0.25) is 0 Å². The molecule has 102 valence electrons. The summed E-state index contributed by atoms with van der Waals surface area (Å²) >= 11 is 2.88. The van der Waals surface area contributed by atoms with E-state index >= 15 is 0 Å². The third-order valence-corrected chi connectivity index (χ3v) is 5.52. The number of thioether (sulfide) groups is 1. The maximum Gasteiger partial charge on any atom is 0.136 e. The second-order valence-electron chi connectivity index (χ2n) is 4.44. The molecule has 0 aliphatic carbocycles. The molecule has 0 radical (unpaired) electrons. The van der Waals surface area contributed by atoms with Gasteiger partial charge in [-0.25, -0.2) is 8.78 Å². The van der Waals surface area contributed by atoms with Gasteiger partial charge in [-0.1, -0.05) is 0 Å². The number of nitrogens with two attached hydrogens (primary N) is 1. The Balaban J connectivity index is 2.32. The zero-order chi connectivity index (χ0) is 14.0. The molecule has 2 rings (SSSR count). The quantitative estimate of drug-likeness (QED) is 0.840. The number of halogens is 2. The van der Waals surface area contributed by atoms with Crippen molar-refractivity contribution in [1.82, 2.24) is 0 Å². The molecule has 1 aromatic heterocycles. The highest BCUT2D eigenvalue weighted by Gasteiger charge is 2.22. The minimum atomic E-state index is -0.435. The number of hydrogen-bond acceptors (Lipinski definition) is 3. The largest absolute Gasteiger partial charge is 0.327 e. The van der Waals surface area contributed by atoms with Crippen molar-refractivity contribution in [2.45, 2.75) is 30.0 Å². The molecule has 19 heavy (non-hydrogen) atoms. The molecule has 5 heteroatoms. The van der Waals surface area contributed by atoms with Crippen LogP contribution in [0.2, 0.25) is 0 Å². The second-order valence-corrected chi connectivity index (χ2v) is 6.57. The van der Waals surface area contributed by atoms with E-state index in [-0.39, 0.29) is 11.3 Å². The lowest BCUT2D eigenvalue weighted by Gasteiger charge is -2.20. The zero-order valence-corrected chi connectivity index (χ0v) is 12.3. The number of rotatable bonds is 4. The molecule has 0 aliphatic rings. The smallest absolute Gasteiger partial charge is 0.136 e. The Labute approximate surface area is 119 Å². The number of aryl methyl sites for hydroxylation is 1. The fourth-order valence-electron chi connectivity index (χ4n) is 1.78. The Kier molecular flexibility index (Phi) is 4.60. The maximum atomic E-state index is 13.7. The molecule has 0 aliphatic heterocycles. The Morgan fingerprint density at radius 1 is 1.26 bits per heavy atom. The number of thiophene rings is 1. The van der Waals surface area contributed by atoms with Crippen LogP contribution in [-0.2, 0) is 0 Å². The lowest BCUT2D eigenvalue weighted by Crippen LogP contribution is -2.22. The summed E-state index contributed by atoms with van der Waals surface area (Å²) in [6, 6.07) is 5.36. The summed E-state index contributed by atoms with van der Waals surface area (Å²) in [6.07, 6.45) is 0. The molecule has 0 spiro atoms. The Bertz CT molecular complexity index is 566. The van der Waals surface area contributed by atoms with Crippen LogP contribution in [-0.4, -0.2) is 6.04 Å². The summed E-state index contributed by atoms with van der Waals surface area (Å²) in [5.41, 5.74) is 7.14. The van der Waals surface area contributed by atoms with E-state index in [0.717, 1.165) is 22.6 Å². The van der Waals surface area contributed by atoms with Gasteiger partial charge in [0, 0.05) is 15.8 Å². The van der Waals surface area contributed by atoms with Crippen molar-refractivity contribution in [2.24, 2.45) is 5.73 Å². The van der Waals surface area contributed by atoms with Crippen LogP contribution < -0.4 is 5.73 Å². The standard InChI is InChI=1S/C14H15F2NS2/c1-8-5-6-18-13(8)14(9(2)17)19-12-7-10(15)3-4-11(12)16/h3-7,9,14H,17H2,1-2H3. The third-order valence-electron chi connectivity index (χ3n) is 2.78. The van der Waals surface area contributed by atoms with E-state index in [2.05, 4.69) is 0 Å². The van der Waals surface area contributed by atoms with Crippen molar-refractivity contribution < 1.29 is 8.78 Å². The lowest BCUT2D eigenvalue weighted by molar-refractivity contribution is 0.576. The predicted octanol–water partition coefficient (Wildman–Crippen LogP) is 4.52. The zero-order valence-electron chi connectivity index (χ0n) is 10.7. The third kappa shape index (κ3) is 3.35. The van der Waals surface area contributed by atoms with Gasteiger partial charge >= 0.3 is 0 Å². The average Bonchev–Trinajstić information content (AvgIpc) is 2.76. The molecule has 2 aromatic rings. The highest BCUT2D eigenvalue weighted by Crippen LogP contribution is 2.41. The summed E-state index contributed by atoms with van der Waals surface area (Å²) in [5.74, 6) is -0.846. The van der Waals surface area contributed by atoms with Crippen LogP contribution in [0.3, 0.4) is 0 Å². The van der Waals surface area contributed by atoms with Crippen molar-refractivity contribution in [3.63, 3.8) is 0 Å². The first-order chi connectivity index (χ1) is 8.99. The molecule has 1 nitrogen and oxygen atoms in total. The van der Waals surface area contributed by atoms with Crippen molar-refractivity contribution in [2.75, 3.05) is 0 Å². The maximum absolute atomic E-state index is 13.7. The van der Waals surface area contributed by atoms with Gasteiger partial charge in [-0.15, -0.1) is 23.1 Å². The first-order valence-electron chi connectivity index (χ1n) is 5.90. The van der Waals surface area contributed by atoms with Crippen molar-refractivity contribution in [3.8, 4) is 0 Å². The molecule has 1 heterocycles. The van der Waals surface area contributed by atoms with Crippen LogP contribution >= 0.6 is 23.1 Å². The van der Waals surface area contributed by atoms with Crippen LogP contribution in [0.4, 0.5) is 8.78 Å². The van der Waals surface area contributed by atoms with Gasteiger partial charge in [-0.05, 0) is 49.1 Å². The molecule has 0 saturated carbocycles. The van der Waals surface area contributed by atoms with E-state index in [1.807, 2.05) is 25.3 Å². The minimum absolute atomic E-state index is 0.0729. The van der Waals surface area contributed by atoms with E-state index in [9.17, 15) is 8.78 Å². The molecule has 2 unspecified atom stereocenters. The van der Waals surface area contributed by atoms with Crippen molar-refractivity contribution >= 4 is 23.1 Å². The normalized spacial score (nSPS) is 14.4. The van der Waals surface area contributed by atoms with Gasteiger partial charge < -0.3 is 5.73 Å². The van der Waals surface area contributed by atoms with Crippen LogP contribution in [0.1, 0.15) is 22.6 Å². The summed E-state index contributed by atoms with van der Waals surface area (Å²) < 4.78 is 26.9. The van der Waals surface area contributed by atoms with Gasteiger partial charge in [0.05, 0.1) is 5.25 Å². The molecular formula is C14H15F2NS2. The lowest BCUT2D eigenvalue weighted by atomic mass is 10.1. The Morgan fingerprint density at radius 2 is 2.00 bits per heavy atom. The predicted molar refractivity (Wildman–Crippen MR) is 77.7 cm³/mol. The Hall–Kier alpha value is -0.910. The van der Waals surface area contributed by atoms with Crippen LogP contribution in [0.15, 0.2) is 34.5 Å². The monoisotopic (exact) mass is 299 g/mol. The minimum Gasteiger partial charge on any atom is -0.327 e. The van der Waals surface area contributed by atoms with Gasteiger partial charge in [0.1, 0.15) is 11.6 Å². The van der Waals surface area contributed by atoms with E-state index in [0.29, 0.717) is 4.90 Å². The van der Waals surface area contributed by atoms with E-state index < -0.39 is 11.6 Å². The summed E-state index contributed by atoms with van der Waals surface area (Å²) in [6.45, 7) is 3.89. The molecule has 2 N–H and O–H groups in total. The number of benzene rings is 1. The first-order valence-corrected chi connectivity index (χ1v) is 7.66. The average molecular weight is 299 g/mol. The van der Waals surface area contributed by atoms with Crippen molar-refractivity contribution in [1.29, 1.82) is 0 Å². The molecule has 0 amide bonds. The summed E-state index contributed by atoms with van der Waals surface area (Å²) in [4.78, 5) is 1.42. The van der Waals surface area contributed by atoms with Crippen molar-refractivity contribution in [3.05, 3.63) is 51.7 Å². The van der Waals surface area contributed by atoms with Crippen LogP contribution in [0, 0.1) is 18.6 Å². The number of hydrogen-bond donors (Lipinski definition) is 1. The fraction of sp³-hybridized carbons (Fsp3) is 0.286. The molecule has 0 bridgehead atoms. The second kappa shape index (κ2) is 6.03. The topological polar surface area (TPSA) is 26.0 Å². The fourth-order valence-corrected chi connectivity index (χ4v) is 4.25. The van der Waals surface area contributed by atoms with Crippen LogP contribution in [0.25, 0.3) is 0 Å². The summed E-state index contributed by atoms with van der Waals surface area (Å²) in [5, 5.41) is 1.92. The van der Waals surface area contributed by atoms with E-state index in [4.69, 9.17) is 5.73 Å². The molecule has 2 atom stereocenters. The highest BCUT2D eigenvalue weighted by molar-refractivity contribution is 7.99. The molecule has 0 fully saturated rings. The molecule has 0 saturated heterocycles. The van der Waals surface area contributed by atoms with E-state index in [1.54, 1.807) is 11.3 Å². The van der Waals surface area contributed by atoms with E-state index in [1.165, 1.54) is 17.8 Å². The molecule has 1 aromatic carbocycles.